The Balaban J connectivity index is 1.06. The van der Waals surface area contributed by atoms with E-state index >= 15 is 0 Å². The van der Waals surface area contributed by atoms with Crippen LogP contribution in [0.25, 0.3) is 10.9 Å². The number of fused-ring (bicyclic) bond motifs is 2. The van der Waals surface area contributed by atoms with E-state index in [0.717, 1.165) is 48.3 Å². The van der Waals surface area contributed by atoms with Crippen molar-refractivity contribution < 1.29 is 4.79 Å². The largest absolute Gasteiger partial charge is 0.353 e. The number of amides is 1. The first-order valence-corrected chi connectivity index (χ1v) is 11.7. The van der Waals surface area contributed by atoms with E-state index in [-0.39, 0.29) is 5.91 Å². The third-order valence-corrected chi connectivity index (χ3v) is 7.06. The first-order valence-electron chi connectivity index (χ1n) is 11.7. The average molecular weight is 414 g/mol. The van der Waals surface area contributed by atoms with Gasteiger partial charge in [0.2, 0.25) is 5.91 Å². The van der Waals surface area contributed by atoms with Crippen LogP contribution in [0.15, 0.2) is 60.8 Å². The maximum atomic E-state index is 12.7. The minimum absolute atomic E-state index is 0.134. The molecule has 1 aromatic heterocycles. The van der Waals surface area contributed by atoms with Crippen molar-refractivity contribution in [3.63, 3.8) is 0 Å². The molecule has 0 radical (unpaired) electrons. The standard InChI is InChI=1S/C27H31N3O/c31-27(17-21-13-15-28-26-8-4-3-7-25(21)26)29-24-11-9-20(10-12-24)14-16-30-18-22-5-1-2-6-23(22)19-30/h1-8,13,15,20,24H,9-12,14,16-19H2,(H,29,31). The number of para-hydroxylation sites is 1. The van der Waals surface area contributed by atoms with Gasteiger partial charge in [-0.3, -0.25) is 14.7 Å². The van der Waals surface area contributed by atoms with Crippen LogP contribution in [0, 0.1) is 5.92 Å². The van der Waals surface area contributed by atoms with Crippen LogP contribution >= 0.6 is 0 Å². The van der Waals surface area contributed by atoms with Crippen LogP contribution in [0.3, 0.4) is 0 Å². The highest BCUT2D eigenvalue weighted by atomic mass is 16.1. The zero-order valence-electron chi connectivity index (χ0n) is 18.1. The van der Waals surface area contributed by atoms with Crippen LogP contribution in [-0.2, 0) is 24.3 Å². The first kappa shape index (κ1) is 20.2. The number of hydrogen-bond acceptors (Lipinski definition) is 3. The van der Waals surface area contributed by atoms with E-state index in [1.807, 2.05) is 24.3 Å². The van der Waals surface area contributed by atoms with Crippen LogP contribution in [0.5, 0.6) is 0 Å². The second-order valence-electron chi connectivity index (χ2n) is 9.22. The van der Waals surface area contributed by atoms with Crippen molar-refractivity contribution in [2.75, 3.05) is 6.54 Å². The lowest BCUT2D eigenvalue weighted by Crippen LogP contribution is -2.38. The van der Waals surface area contributed by atoms with Gasteiger partial charge in [0.1, 0.15) is 0 Å². The van der Waals surface area contributed by atoms with Gasteiger partial charge in [0.05, 0.1) is 11.9 Å². The van der Waals surface area contributed by atoms with Gasteiger partial charge >= 0.3 is 0 Å². The molecule has 0 unspecified atom stereocenters. The quantitative estimate of drug-likeness (QED) is 0.628. The zero-order chi connectivity index (χ0) is 21.0. The van der Waals surface area contributed by atoms with E-state index in [9.17, 15) is 4.79 Å². The highest BCUT2D eigenvalue weighted by molar-refractivity contribution is 5.88. The third kappa shape index (κ3) is 4.80. The van der Waals surface area contributed by atoms with Crippen molar-refractivity contribution in [2.24, 2.45) is 5.92 Å². The Morgan fingerprint density at radius 3 is 2.42 bits per heavy atom. The highest BCUT2D eigenvalue weighted by Crippen LogP contribution is 2.29. The lowest BCUT2D eigenvalue weighted by atomic mass is 9.84. The predicted molar refractivity (Wildman–Crippen MR) is 125 cm³/mol. The van der Waals surface area contributed by atoms with Crippen molar-refractivity contribution >= 4 is 16.8 Å². The fraction of sp³-hybridized carbons (Fsp3) is 0.407. The molecule has 1 fully saturated rings. The van der Waals surface area contributed by atoms with Crippen LogP contribution in [0.2, 0.25) is 0 Å². The maximum absolute atomic E-state index is 12.7. The molecule has 2 heterocycles. The minimum atomic E-state index is 0.134. The first-order chi connectivity index (χ1) is 15.2. The molecule has 1 amide bonds. The fourth-order valence-electron chi connectivity index (χ4n) is 5.28. The number of benzene rings is 2. The molecule has 1 N–H and O–H groups in total. The van der Waals surface area contributed by atoms with Crippen molar-refractivity contribution in [1.29, 1.82) is 0 Å². The van der Waals surface area contributed by atoms with Gasteiger partial charge in [-0.05, 0) is 73.4 Å². The van der Waals surface area contributed by atoms with Crippen molar-refractivity contribution in [3.05, 3.63) is 77.5 Å². The fourth-order valence-corrected chi connectivity index (χ4v) is 5.28. The maximum Gasteiger partial charge on any atom is 0.224 e. The molecule has 160 valence electrons. The molecule has 1 aliphatic carbocycles. The van der Waals surface area contributed by atoms with Crippen molar-refractivity contribution in [2.45, 2.75) is 57.7 Å². The summed E-state index contributed by atoms with van der Waals surface area (Å²) in [5.74, 6) is 0.927. The second kappa shape index (κ2) is 9.19. The molecule has 1 saturated carbocycles. The van der Waals surface area contributed by atoms with Gasteiger partial charge in [0.15, 0.2) is 0 Å². The summed E-state index contributed by atoms with van der Waals surface area (Å²) in [7, 11) is 0. The SMILES string of the molecule is O=C(Cc1ccnc2ccccc12)NC1CCC(CCN2Cc3ccccc3C2)CC1. The van der Waals surface area contributed by atoms with Gasteiger partial charge in [-0.2, -0.15) is 0 Å². The Labute approximate surface area is 184 Å². The summed E-state index contributed by atoms with van der Waals surface area (Å²) in [5, 5.41) is 4.37. The molecular formula is C27H31N3O. The summed E-state index contributed by atoms with van der Waals surface area (Å²) >= 11 is 0. The Hall–Kier alpha value is -2.72. The normalized spacial score (nSPS) is 21.2. The monoisotopic (exact) mass is 413 g/mol. The molecule has 1 aliphatic heterocycles. The summed E-state index contributed by atoms with van der Waals surface area (Å²) in [6, 6.07) is 19.2. The van der Waals surface area contributed by atoms with Gasteiger partial charge in [0, 0.05) is 30.7 Å². The number of carbonyl (C=O) groups excluding carboxylic acids is 1. The molecular weight excluding hydrogens is 382 g/mol. The van der Waals surface area contributed by atoms with E-state index in [0.29, 0.717) is 12.5 Å². The molecule has 4 nitrogen and oxygen atoms in total. The van der Waals surface area contributed by atoms with E-state index in [1.165, 1.54) is 36.9 Å². The minimum Gasteiger partial charge on any atom is -0.353 e. The van der Waals surface area contributed by atoms with Gasteiger partial charge in [-0.25, -0.2) is 0 Å². The molecule has 31 heavy (non-hydrogen) atoms. The number of pyridine rings is 1. The highest BCUT2D eigenvalue weighted by Gasteiger charge is 2.24. The molecule has 2 aliphatic rings. The lowest BCUT2D eigenvalue weighted by molar-refractivity contribution is -0.121. The third-order valence-electron chi connectivity index (χ3n) is 7.06. The Morgan fingerprint density at radius 2 is 1.65 bits per heavy atom. The summed E-state index contributed by atoms with van der Waals surface area (Å²) in [6.45, 7) is 3.39. The van der Waals surface area contributed by atoms with Crippen LogP contribution in [0.1, 0.15) is 48.8 Å². The number of nitrogens with one attached hydrogen (secondary N) is 1. The van der Waals surface area contributed by atoms with Crippen LogP contribution in [-0.4, -0.2) is 28.4 Å². The van der Waals surface area contributed by atoms with E-state index in [4.69, 9.17) is 0 Å². The average Bonchev–Trinajstić information content (AvgIpc) is 3.22. The molecule has 0 bridgehead atoms. The van der Waals surface area contributed by atoms with Gasteiger partial charge in [0.25, 0.3) is 0 Å². The molecule has 4 heteroatoms. The molecule has 0 atom stereocenters. The van der Waals surface area contributed by atoms with Crippen LogP contribution in [0.4, 0.5) is 0 Å². The summed E-state index contributed by atoms with van der Waals surface area (Å²) in [6.07, 6.45) is 8.17. The Bertz CT molecular complexity index is 1020. The summed E-state index contributed by atoms with van der Waals surface area (Å²) < 4.78 is 0. The lowest BCUT2D eigenvalue weighted by Gasteiger charge is -2.30. The molecule has 0 saturated heterocycles. The van der Waals surface area contributed by atoms with E-state index < -0.39 is 0 Å². The van der Waals surface area contributed by atoms with Crippen LogP contribution < -0.4 is 5.32 Å². The second-order valence-corrected chi connectivity index (χ2v) is 9.22. The molecule has 2 aromatic carbocycles. The number of aromatic nitrogens is 1. The summed E-state index contributed by atoms with van der Waals surface area (Å²) in [4.78, 5) is 19.7. The van der Waals surface area contributed by atoms with Gasteiger partial charge in [-0.15, -0.1) is 0 Å². The number of rotatable bonds is 6. The van der Waals surface area contributed by atoms with Gasteiger partial charge < -0.3 is 5.32 Å². The Kier molecular flexibility index (Phi) is 5.99. The van der Waals surface area contributed by atoms with Crippen molar-refractivity contribution in [3.8, 4) is 0 Å². The molecule has 0 spiro atoms. The number of hydrogen-bond donors (Lipinski definition) is 1. The van der Waals surface area contributed by atoms with Crippen molar-refractivity contribution in [1.82, 2.24) is 15.2 Å². The molecule has 5 rings (SSSR count). The summed E-state index contributed by atoms with van der Waals surface area (Å²) in [5.41, 5.74) is 5.00. The van der Waals surface area contributed by atoms with E-state index in [1.54, 1.807) is 6.20 Å². The number of carbonyl (C=O) groups is 1. The topological polar surface area (TPSA) is 45.2 Å². The Morgan fingerprint density at radius 1 is 0.935 bits per heavy atom. The smallest absolute Gasteiger partial charge is 0.224 e. The van der Waals surface area contributed by atoms with Gasteiger partial charge in [-0.1, -0.05) is 42.5 Å². The molecule has 3 aromatic rings. The zero-order valence-corrected chi connectivity index (χ0v) is 18.1. The predicted octanol–water partition coefficient (Wildman–Crippen LogP) is 4.86. The van der Waals surface area contributed by atoms with E-state index in [2.05, 4.69) is 45.5 Å². The number of nitrogens with zero attached hydrogens (tertiary/aromatic N) is 2.